The molecular weight excluding hydrogens is 412 g/mol. The molecule has 1 N–H and O–H groups in total. The van der Waals surface area contributed by atoms with Gasteiger partial charge in [0.15, 0.2) is 5.82 Å². The first-order valence-corrected chi connectivity index (χ1v) is 11.7. The fourth-order valence-electron chi connectivity index (χ4n) is 3.63. The number of hydrogen-bond donors (Lipinski definition) is 1. The van der Waals surface area contributed by atoms with Crippen LogP contribution in [-0.2, 0) is 10.0 Å². The molecule has 7 nitrogen and oxygen atoms in total. The Bertz CT molecular complexity index is 1190. The van der Waals surface area contributed by atoms with Gasteiger partial charge in [0.2, 0.25) is 10.0 Å². The summed E-state index contributed by atoms with van der Waals surface area (Å²) < 4.78 is 33.1. The Kier molecular flexibility index (Phi) is 5.93. The molecule has 162 valence electrons. The van der Waals surface area contributed by atoms with Crippen LogP contribution in [0.25, 0.3) is 11.3 Å². The van der Waals surface area contributed by atoms with Crippen LogP contribution in [0.1, 0.15) is 24.0 Å². The molecule has 1 saturated heterocycles. The van der Waals surface area contributed by atoms with E-state index >= 15 is 0 Å². The summed E-state index contributed by atoms with van der Waals surface area (Å²) >= 11 is 0. The zero-order valence-corrected chi connectivity index (χ0v) is 18.7. The predicted octanol–water partition coefficient (Wildman–Crippen LogP) is 4.30. The second-order valence-corrected chi connectivity index (χ2v) is 9.61. The van der Waals surface area contributed by atoms with Crippen molar-refractivity contribution in [2.24, 2.45) is 0 Å². The number of methoxy groups -OCH3 is 1. The number of sulfonamides is 1. The van der Waals surface area contributed by atoms with Crippen molar-refractivity contribution in [3.8, 4) is 17.0 Å². The molecule has 1 aliphatic rings. The molecule has 0 unspecified atom stereocenters. The summed E-state index contributed by atoms with van der Waals surface area (Å²) in [5.74, 6) is 0.946. The quantitative estimate of drug-likeness (QED) is 0.618. The topological polar surface area (TPSA) is 84.4 Å². The van der Waals surface area contributed by atoms with E-state index in [1.165, 1.54) is 22.5 Å². The van der Waals surface area contributed by atoms with E-state index in [1.54, 1.807) is 18.2 Å². The molecule has 2 heterocycles. The average Bonchev–Trinajstić information content (AvgIpc) is 3.32. The monoisotopic (exact) mass is 438 g/mol. The molecule has 0 spiro atoms. The number of nitrogens with zero attached hydrogens (tertiary/aromatic N) is 3. The van der Waals surface area contributed by atoms with Crippen LogP contribution in [0, 0.1) is 13.8 Å². The second kappa shape index (κ2) is 8.64. The van der Waals surface area contributed by atoms with E-state index in [9.17, 15) is 8.42 Å². The third-order valence-corrected chi connectivity index (χ3v) is 7.51. The summed E-state index contributed by atoms with van der Waals surface area (Å²) in [6, 6.07) is 14.8. The van der Waals surface area contributed by atoms with Gasteiger partial charge in [-0.3, -0.25) is 0 Å². The summed E-state index contributed by atoms with van der Waals surface area (Å²) in [5.41, 5.74) is 4.62. The lowest BCUT2D eigenvalue weighted by Crippen LogP contribution is -2.28. The van der Waals surface area contributed by atoms with Crippen LogP contribution < -0.4 is 10.1 Å². The molecule has 1 fully saturated rings. The molecule has 0 amide bonds. The number of benzene rings is 2. The van der Waals surface area contributed by atoms with Crippen molar-refractivity contribution in [3.63, 3.8) is 0 Å². The summed E-state index contributed by atoms with van der Waals surface area (Å²) in [4.78, 5) is 0.161. The fourth-order valence-corrected chi connectivity index (χ4v) is 5.32. The first-order chi connectivity index (χ1) is 14.9. The lowest BCUT2D eigenvalue weighted by Gasteiger charge is -2.18. The Labute approximate surface area is 183 Å². The zero-order valence-electron chi connectivity index (χ0n) is 17.9. The van der Waals surface area contributed by atoms with E-state index in [-0.39, 0.29) is 4.90 Å². The molecule has 0 radical (unpaired) electrons. The maximum atomic E-state index is 13.1. The highest BCUT2D eigenvalue weighted by molar-refractivity contribution is 7.89. The molecule has 31 heavy (non-hydrogen) atoms. The molecule has 4 rings (SSSR count). The standard InChI is InChI=1S/C23H26N4O3S/c1-16-6-8-19(14-17(16)2)24-23-11-9-20(25-26-23)18-7-10-21(30-3)22(15-18)31(28,29)27-12-4-5-13-27/h6-11,14-15H,4-5,12-13H2,1-3H3,(H,24,26). The summed E-state index contributed by atoms with van der Waals surface area (Å²) in [6.45, 7) is 5.20. The minimum Gasteiger partial charge on any atom is -0.495 e. The molecular formula is C23H26N4O3S. The van der Waals surface area contributed by atoms with Crippen molar-refractivity contribution in [3.05, 3.63) is 59.7 Å². The number of aryl methyl sites for hydroxylation is 2. The van der Waals surface area contributed by atoms with Gasteiger partial charge < -0.3 is 10.1 Å². The van der Waals surface area contributed by atoms with E-state index in [0.29, 0.717) is 35.9 Å². The first-order valence-electron chi connectivity index (χ1n) is 10.2. The van der Waals surface area contributed by atoms with Gasteiger partial charge in [0.25, 0.3) is 0 Å². The fraction of sp³-hybridized carbons (Fsp3) is 0.304. The van der Waals surface area contributed by atoms with E-state index < -0.39 is 10.0 Å². The van der Waals surface area contributed by atoms with E-state index in [1.807, 2.05) is 18.2 Å². The Morgan fingerprint density at radius 2 is 1.71 bits per heavy atom. The second-order valence-electron chi connectivity index (χ2n) is 7.70. The van der Waals surface area contributed by atoms with Gasteiger partial charge in [-0.2, -0.15) is 4.31 Å². The number of anilines is 2. The highest BCUT2D eigenvalue weighted by Gasteiger charge is 2.30. The minimum atomic E-state index is -3.62. The molecule has 3 aromatic rings. The largest absolute Gasteiger partial charge is 0.495 e. The van der Waals surface area contributed by atoms with Crippen LogP contribution in [0.15, 0.2) is 53.4 Å². The summed E-state index contributed by atoms with van der Waals surface area (Å²) in [7, 11) is -2.14. The molecule has 0 aliphatic carbocycles. The van der Waals surface area contributed by atoms with E-state index in [2.05, 4.69) is 41.5 Å². The number of aromatic nitrogens is 2. The number of ether oxygens (including phenoxy) is 1. The highest BCUT2D eigenvalue weighted by atomic mass is 32.2. The lowest BCUT2D eigenvalue weighted by molar-refractivity contribution is 0.398. The van der Waals surface area contributed by atoms with Gasteiger partial charge in [0.1, 0.15) is 10.6 Å². The molecule has 2 aromatic carbocycles. The molecule has 0 atom stereocenters. The average molecular weight is 439 g/mol. The van der Waals surface area contributed by atoms with Crippen LogP contribution in [0.5, 0.6) is 5.75 Å². The maximum Gasteiger partial charge on any atom is 0.246 e. The van der Waals surface area contributed by atoms with Crippen LogP contribution >= 0.6 is 0 Å². The zero-order chi connectivity index (χ0) is 22.0. The summed E-state index contributed by atoms with van der Waals surface area (Å²) in [6.07, 6.45) is 1.75. The summed E-state index contributed by atoms with van der Waals surface area (Å²) in [5, 5.41) is 11.8. The van der Waals surface area contributed by atoms with E-state index in [4.69, 9.17) is 4.74 Å². The number of hydrogen-bond acceptors (Lipinski definition) is 6. The minimum absolute atomic E-state index is 0.161. The lowest BCUT2D eigenvalue weighted by atomic mass is 10.1. The van der Waals surface area contributed by atoms with Crippen molar-refractivity contribution < 1.29 is 13.2 Å². The highest BCUT2D eigenvalue weighted by Crippen LogP contribution is 2.32. The third-order valence-electron chi connectivity index (χ3n) is 5.59. The molecule has 0 bridgehead atoms. The van der Waals surface area contributed by atoms with Crippen molar-refractivity contribution in [1.82, 2.24) is 14.5 Å². The number of rotatable bonds is 6. The molecule has 0 saturated carbocycles. The SMILES string of the molecule is COc1ccc(-c2ccc(Nc3ccc(C)c(C)c3)nn2)cc1S(=O)(=O)N1CCCC1. The van der Waals surface area contributed by atoms with Gasteiger partial charge in [-0.15, -0.1) is 10.2 Å². The molecule has 1 aromatic heterocycles. The Hall–Kier alpha value is -2.97. The smallest absolute Gasteiger partial charge is 0.246 e. The number of nitrogens with one attached hydrogen (secondary N) is 1. The van der Waals surface area contributed by atoms with Crippen molar-refractivity contribution in [2.75, 3.05) is 25.5 Å². The van der Waals surface area contributed by atoms with Crippen LogP contribution in [0.3, 0.4) is 0 Å². The van der Waals surface area contributed by atoms with Crippen molar-refractivity contribution in [1.29, 1.82) is 0 Å². The van der Waals surface area contributed by atoms with Gasteiger partial charge in [0, 0.05) is 24.3 Å². The first kappa shape index (κ1) is 21.3. The van der Waals surface area contributed by atoms with Crippen LogP contribution in [-0.4, -0.2) is 43.1 Å². The Morgan fingerprint density at radius 3 is 2.35 bits per heavy atom. The maximum absolute atomic E-state index is 13.1. The van der Waals surface area contributed by atoms with Gasteiger partial charge >= 0.3 is 0 Å². The van der Waals surface area contributed by atoms with Crippen molar-refractivity contribution >= 4 is 21.5 Å². The van der Waals surface area contributed by atoms with E-state index in [0.717, 1.165) is 18.5 Å². The van der Waals surface area contributed by atoms with Crippen molar-refractivity contribution in [2.45, 2.75) is 31.6 Å². The Morgan fingerprint density at radius 1 is 0.935 bits per heavy atom. The van der Waals surface area contributed by atoms with Gasteiger partial charge in [0.05, 0.1) is 12.8 Å². The third kappa shape index (κ3) is 4.40. The Balaban J connectivity index is 1.61. The van der Waals surface area contributed by atoms with Gasteiger partial charge in [-0.1, -0.05) is 6.07 Å². The predicted molar refractivity (Wildman–Crippen MR) is 121 cm³/mol. The molecule has 8 heteroatoms. The van der Waals surface area contributed by atoms with Crippen LogP contribution in [0.2, 0.25) is 0 Å². The molecule has 1 aliphatic heterocycles. The van der Waals surface area contributed by atoms with Gasteiger partial charge in [-0.05, 0) is 80.3 Å². The van der Waals surface area contributed by atoms with Crippen LogP contribution in [0.4, 0.5) is 11.5 Å². The normalized spacial score (nSPS) is 14.5. The van der Waals surface area contributed by atoms with Gasteiger partial charge in [-0.25, -0.2) is 8.42 Å².